The van der Waals surface area contributed by atoms with Gasteiger partial charge in [-0.3, -0.25) is 9.79 Å². The summed E-state index contributed by atoms with van der Waals surface area (Å²) < 4.78 is 0. The first-order valence-corrected chi connectivity index (χ1v) is 8.38. The number of rotatable bonds is 7. The van der Waals surface area contributed by atoms with Crippen LogP contribution in [0.3, 0.4) is 0 Å². The molecular weight excluding hydrogens is 391 g/mol. The average Bonchev–Trinajstić information content (AvgIpc) is 2.53. The molecule has 0 bridgehead atoms. The van der Waals surface area contributed by atoms with E-state index in [-0.39, 0.29) is 35.8 Å². The van der Waals surface area contributed by atoms with Crippen molar-refractivity contribution in [3.05, 3.63) is 0 Å². The number of carbonyl (C=O) groups is 1. The normalized spacial score (nSPS) is 15.9. The fourth-order valence-electron chi connectivity index (χ4n) is 2.76. The fourth-order valence-corrected chi connectivity index (χ4v) is 2.76. The summed E-state index contributed by atoms with van der Waals surface area (Å²) in [4.78, 5) is 18.4. The molecule has 1 fully saturated rings. The first-order valence-electron chi connectivity index (χ1n) is 8.38. The van der Waals surface area contributed by atoms with Crippen molar-refractivity contribution in [3.63, 3.8) is 0 Å². The number of halogens is 1. The van der Waals surface area contributed by atoms with E-state index in [2.05, 4.69) is 27.4 Å². The minimum absolute atomic E-state index is 0. The minimum atomic E-state index is 0. The van der Waals surface area contributed by atoms with E-state index < -0.39 is 0 Å². The van der Waals surface area contributed by atoms with Gasteiger partial charge in [-0.1, -0.05) is 32.6 Å². The van der Waals surface area contributed by atoms with Crippen LogP contribution in [0.15, 0.2) is 4.99 Å². The maximum absolute atomic E-state index is 12.0. The molecule has 130 valence electrons. The summed E-state index contributed by atoms with van der Waals surface area (Å²) in [6.07, 6.45) is 8.14. The summed E-state index contributed by atoms with van der Waals surface area (Å²) in [5.74, 6) is 1.37. The molecule has 1 aliphatic carbocycles. The highest BCUT2D eigenvalue weighted by Crippen LogP contribution is 2.23. The molecule has 5 nitrogen and oxygen atoms in total. The molecule has 0 radical (unpaired) electrons. The summed E-state index contributed by atoms with van der Waals surface area (Å²) in [5, 5.41) is 6.34. The Bertz CT molecular complexity index is 330. The molecule has 1 saturated carbocycles. The molecule has 0 heterocycles. The van der Waals surface area contributed by atoms with Crippen molar-refractivity contribution in [2.45, 2.75) is 51.9 Å². The van der Waals surface area contributed by atoms with Crippen LogP contribution in [0.2, 0.25) is 0 Å². The Kier molecular flexibility index (Phi) is 12.6. The molecule has 0 aromatic heterocycles. The van der Waals surface area contributed by atoms with Gasteiger partial charge in [-0.25, -0.2) is 0 Å². The number of hydrogen-bond acceptors (Lipinski definition) is 2. The Labute approximate surface area is 152 Å². The molecular formula is C16H33IN4O. The lowest BCUT2D eigenvalue weighted by Gasteiger charge is -2.23. The van der Waals surface area contributed by atoms with Crippen molar-refractivity contribution >= 4 is 35.8 Å². The van der Waals surface area contributed by atoms with Crippen molar-refractivity contribution in [3.8, 4) is 0 Å². The summed E-state index contributed by atoms with van der Waals surface area (Å²) in [6.45, 7) is 4.58. The SMILES string of the molecule is CCCCN(C)C(=NC)NCCNC(=O)C1CCCCC1.I. The fraction of sp³-hybridized carbons (Fsp3) is 0.875. The minimum Gasteiger partial charge on any atom is -0.354 e. The number of nitrogens with zero attached hydrogens (tertiary/aromatic N) is 2. The number of amides is 1. The standard InChI is InChI=1S/C16H32N4O.HI/c1-4-5-13-20(3)16(17-2)19-12-11-18-15(21)14-9-7-6-8-10-14;/h14H,4-13H2,1-3H3,(H,17,19)(H,18,21);1H. The van der Waals surface area contributed by atoms with Gasteiger partial charge < -0.3 is 15.5 Å². The van der Waals surface area contributed by atoms with Crippen molar-refractivity contribution in [2.75, 3.05) is 33.7 Å². The second-order valence-electron chi connectivity index (χ2n) is 5.88. The Morgan fingerprint density at radius 1 is 1.18 bits per heavy atom. The average molecular weight is 424 g/mol. The molecule has 0 aliphatic heterocycles. The van der Waals surface area contributed by atoms with E-state index in [9.17, 15) is 4.79 Å². The maximum atomic E-state index is 12.0. The van der Waals surface area contributed by atoms with E-state index in [1.165, 1.54) is 25.7 Å². The van der Waals surface area contributed by atoms with Crippen LogP contribution in [0.5, 0.6) is 0 Å². The topological polar surface area (TPSA) is 56.7 Å². The van der Waals surface area contributed by atoms with Crippen LogP contribution >= 0.6 is 24.0 Å². The van der Waals surface area contributed by atoms with E-state index in [1.807, 2.05) is 7.05 Å². The van der Waals surface area contributed by atoms with Gasteiger partial charge >= 0.3 is 0 Å². The molecule has 0 unspecified atom stereocenters. The predicted octanol–water partition coefficient (Wildman–Crippen LogP) is 2.61. The van der Waals surface area contributed by atoms with Gasteiger partial charge in [-0.05, 0) is 19.3 Å². The van der Waals surface area contributed by atoms with Gasteiger partial charge in [-0.15, -0.1) is 24.0 Å². The van der Waals surface area contributed by atoms with E-state index in [4.69, 9.17) is 0 Å². The van der Waals surface area contributed by atoms with E-state index in [0.717, 1.165) is 38.3 Å². The van der Waals surface area contributed by atoms with Gasteiger partial charge in [0.15, 0.2) is 5.96 Å². The number of hydrogen-bond donors (Lipinski definition) is 2. The highest BCUT2D eigenvalue weighted by molar-refractivity contribution is 14.0. The number of aliphatic imine (C=N–C) groups is 1. The van der Waals surface area contributed by atoms with Crippen LogP contribution in [0, 0.1) is 5.92 Å². The molecule has 1 rings (SSSR count). The monoisotopic (exact) mass is 424 g/mol. The van der Waals surface area contributed by atoms with Gasteiger partial charge in [-0.2, -0.15) is 0 Å². The number of nitrogens with one attached hydrogen (secondary N) is 2. The lowest BCUT2D eigenvalue weighted by Crippen LogP contribution is -2.43. The van der Waals surface area contributed by atoms with Gasteiger partial charge in [0.1, 0.15) is 0 Å². The van der Waals surface area contributed by atoms with Crippen molar-refractivity contribution in [2.24, 2.45) is 10.9 Å². The van der Waals surface area contributed by atoms with Gasteiger partial charge in [0.25, 0.3) is 0 Å². The van der Waals surface area contributed by atoms with E-state index in [1.54, 1.807) is 7.05 Å². The zero-order valence-electron chi connectivity index (χ0n) is 14.4. The first kappa shape index (κ1) is 21.5. The van der Waals surface area contributed by atoms with Crippen LogP contribution in [-0.2, 0) is 4.79 Å². The third kappa shape index (κ3) is 8.19. The van der Waals surface area contributed by atoms with Crippen molar-refractivity contribution in [1.82, 2.24) is 15.5 Å². The van der Waals surface area contributed by atoms with Crippen LogP contribution in [0.4, 0.5) is 0 Å². The summed E-state index contributed by atoms with van der Waals surface area (Å²) in [7, 11) is 3.84. The van der Waals surface area contributed by atoms with Gasteiger partial charge in [0.2, 0.25) is 5.91 Å². The first-order chi connectivity index (χ1) is 10.2. The highest BCUT2D eigenvalue weighted by Gasteiger charge is 2.20. The lowest BCUT2D eigenvalue weighted by molar-refractivity contribution is -0.125. The third-order valence-corrected chi connectivity index (χ3v) is 4.10. The van der Waals surface area contributed by atoms with Gasteiger partial charge in [0, 0.05) is 39.6 Å². The summed E-state index contributed by atoms with van der Waals surface area (Å²) >= 11 is 0. The molecule has 0 aromatic carbocycles. The summed E-state index contributed by atoms with van der Waals surface area (Å²) in [6, 6.07) is 0. The lowest BCUT2D eigenvalue weighted by atomic mass is 9.89. The largest absolute Gasteiger partial charge is 0.354 e. The molecule has 22 heavy (non-hydrogen) atoms. The third-order valence-electron chi connectivity index (χ3n) is 4.10. The van der Waals surface area contributed by atoms with Gasteiger partial charge in [0.05, 0.1) is 0 Å². The van der Waals surface area contributed by atoms with E-state index in [0.29, 0.717) is 6.54 Å². The van der Waals surface area contributed by atoms with Crippen LogP contribution in [0.25, 0.3) is 0 Å². The number of guanidine groups is 1. The van der Waals surface area contributed by atoms with Crippen LogP contribution in [0.1, 0.15) is 51.9 Å². The van der Waals surface area contributed by atoms with Crippen LogP contribution in [-0.4, -0.2) is 50.5 Å². The summed E-state index contributed by atoms with van der Waals surface area (Å²) in [5.41, 5.74) is 0. The maximum Gasteiger partial charge on any atom is 0.223 e. The Balaban J connectivity index is 0.00000441. The molecule has 2 N–H and O–H groups in total. The number of unbranched alkanes of at least 4 members (excludes halogenated alkanes) is 1. The molecule has 6 heteroatoms. The second-order valence-corrected chi connectivity index (χ2v) is 5.88. The quantitative estimate of drug-likeness (QED) is 0.286. The molecule has 1 aliphatic rings. The zero-order valence-corrected chi connectivity index (χ0v) is 16.7. The molecule has 1 amide bonds. The highest BCUT2D eigenvalue weighted by atomic mass is 127. The van der Waals surface area contributed by atoms with Crippen molar-refractivity contribution < 1.29 is 4.79 Å². The molecule has 0 saturated heterocycles. The zero-order chi connectivity index (χ0) is 15.5. The van der Waals surface area contributed by atoms with E-state index >= 15 is 0 Å². The van der Waals surface area contributed by atoms with Crippen LogP contribution < -0.4 is 10.6 Å². The Morgan fingerprint density at radius 2 is 1.82 bits per heavy atom. The number of carbonyl (C=O) groups excluding carboxylic acids is 1. The second kappa shape index (κ2) is 13.0. The smallest absolute Gasteiger partial charge is 0.223 e. The molecule has 0 aromatic rings. The molecule has 0 atom stereocenters. The predicted molar refractivity (Wildman–Crippen MR) is 104 cm³/mol. The van der Waals surface area contributed by atoms with Crippen molar-refractivity contribution in [1.29, 1.82) is 0 Å². The molecule has 0 spiro atoms. The Morgan fingerprint density at radius 3 is 2.41 bits per heavy atom. The Hall–Kier alpha value is -0.530.